The van der Waals surface area contributed by atoms with Crippen LogP contribution >= 0.6 is 11.3 Å². The third-order valence-electron chi connectivity index (χ3n) is 3.31. The number of thiazole rings is 1. The molecular formula is C19H18N4O2S. The van der Waals surface area contributed by atoms with Gasteiger partial charge in [-0.1, -0.05) is 36.4 Å². The van der Waals surface area contributed by atoms with Crippen LogP contribution in [0.2, 0.25) is 0 Å². The monoisotopic (exact) mass is 366 g/mol. The Balaban J connectivity index is 1.81. The maximum Gasteiger partial charge on any atom is 0.361 e. The van der Waals surface area contributed by atoms with Gasteiger partial charge in [-0.15, -0.1) is 11.3 Å². The van der Waals surface area contributed by atoms with Gasteiger partial charge in [0.2, 0.25) is 0 Å². The Morgan fingerprint density at radius 2 is 1.73 bits per heavy atom. The van der Waals surface area contributed by atoms with Crippen LogP contribution in [0.4, 0.5) is 16.5 Å². The predicted octanol–water partition coefficient (Wildman–Crippen LogP) is 4.27. The van der Waals surface area contributed by atoms with Gasteiger partial charge in [0.25, 0.3) is 0 Å². The SMILES string of the molecule is CCOC(=O)/C(=N\Nc1ccccc1)c1csc(Nc2ccccc2)n1. The second kappa shape index (κ2) is 8.77. The average Bonchev–Trinajstić information content (AvgIpc) is 3.12. The van der Waals surface area contributed by atoms with Gasteiger partial charge in [0.1, 0.15) is 5.69 Å². The molecule has 0 aliphatic rings. The molecule has 7 heteroatoms. The number of nitrogens with zero attached hydrogens (tertiary/aromatic N) is 2. The van der Waals surface area contributed by atoms with Crippen molar-refractivity contribution in [2.45, 2.75) is 6.92 Å². The molecule has 2 N–H and O–H groups in total. The van der Waals surface area contributed by atoms with Gasteiger partial charge in [0.05, 0.1) is 12.3 Å². The molecule has 3 rings (SSSR count). The van der Waals surface area contributed by atoms with Crippen LogP contribution in [0.5, 0.6) is 0 Å². The molecule has 0 fully saturated rings. The van der Waals surface area contributed by atoms with Crippen molar-refractivity contribution in [3.63, 3.8) is 0 Å². The molecule has 0 aliphatic heterocycles. The van der Waals surface area contributed by atoms with Gasteiger partial charge in [-0.25, -0.2) is 9.78 Å². The highest BCUT2D eigenvalue weighted by molar-refractivity contribution is 7.14. The molecule has 0 aliphatic carbocycles. The fourth-order valence-corrected chi connectivity index (χ4v) is 2.84. The van der Waals surface area contributed by atoms with Crippen LogP contribution in [0.15, 0.2) is 71.1 Å². The highest BCUT2D eigenvalue weighted by atomic mass is 32.1. The van der Waals surface area contributed by atoms with E-state index in [0.717, 1.165) is 11.4 Å². The summed E-state index contributed by atoms with van der Waals surface area (Å²) in [4.78, 5) is 16.7. The van der Waals surface area contributed by atoms with E-state index in [1.165, 1.54) is 11.3 Å². The van der Waals surface area contributed by atoms with Crippen LogP contribution in [0.25, 0.3) is 0 Å². The zero-order chi connectivity index (χ0) is 18.2. The van der Waals surface area contributed by atoms with E-state index in [-0.39, 0.29) is 12.3 Å². The first-order valence-corrected chi connectivity index (χ1v) is 8.98. The zero-order valence-electron chi connectivity index (χ0n) is 14.2. The fourth-order valence-electron chi connectivity index (χ4n) is 2.12. The number of hydrogen-bond donors (Lipinski definition) is 2. The van der Waals surface area contributed by atoms with Crippen molar-refractivity contribution in [1.82, 2.24) is 4.98 Å². The maximum absolute atomic E-state index is 12.3. The van der Waals surface area contributed by atoms with Gasteiger partial charge >= 0.3 is 5.97 Å². The first-order valence-electron chi connectivity index (χ1n) is 8.10. The Kier molecular flexibility index (Phi) is 5.95. The smallest absolute Gasteiger partial charge is 0.361 e. The summed E-state index contributed by atoms with van der Waals surface area (Å²) < 4.78 is 5.11. The number of rotatable bonds is 7. The summed E-state index contributed by atoms with van der Waals surface area (Å²) in [5, 5.41) is 9.86. The van der Waals surface area contributed by atoms with Gasteiger partial charge in [0, 0.05) is 11.1 Å². The standard InChI is InChI=1S/C19H18N4O2S/c1-2-25-18(24)17(23-22-15-11-7-4-8-12-15)16-13-26-19(21-16)20-14-9-5-3-6-10-14/h3-13,22H,2H2,1H3,(H,20,21)/b23-17-. The normalized spacial score (nSPS) is 11.0. The second-order valence-electron chi connectivity index (χ2n) is 5.19. The first-order chi connectivity index (χ1) is 12.8. The minimum Gasteiger partial charge on any atom is -0.461 e. The van der Waals surface area contributed by atoms with Crippen molar-refractivity contribution in [2.75, 3.05) is 17.3 Å². The summed E-state index contributed by atoms with van der Waals surface area (Å²) in [6.07, 6.45) is 0. The molecule has 1 aromatic heterocycles. The highest BCUT2D eigenvalue weighted by Crippen LogP contribution is 2.21. The topological polar surface area (TPSA) is 75.6 Å². The number of carbonyl (C=O) groups excluding carboxylic acids is 1. The number of hydrogen-bond acceptors (Lipinski definition) is 7. The number of carbonyl (C=O) groups is 1. The van der Waals surface area contributed by atoms with Gasteiger partial charge in [-0.05, 0) is 31.2 Å². The van der Waals surface area contributed by atoms with E-state index in [1.807, 2.05) is 60.7 Å². The Morgan fingerprint density at radius 3 is 2.38 bits per heavy atom. The van der Waals surface area contributed by atoms with E-state index >= 15 is 0 Å². The molecule has 6 nitrogen and oxygen atoms in total. The number of nitrogens with one attached hydrogen (secondary N) is 2. The van der Waals surface area contributed by atoms with E-state index in [0.29, 0.717) is 10.8 Å². The molecule has 0 atom stereocenters. The molecule has 3 aromatic rings. The number of hydrazone groups is 1. The average molecular weight is 366 g/mol. The summed E-state index contributed by atoms with van der Waals surface area (Å²) in [5.74, 6) is -0.521. The largest absolute Gasteiger partial charge is 0.461 e. The van der Waals surface area contributed by atoms with Crippen LogP contribution in [0.3, 0.4) is 0 Å². The van der Waals surface area contributed by atoms with Crippen LogP contribution in [-0.4, -0.2) is 23.3 Å². The second-order valence-corrected chi connectivity index (χ2v) is 6.05. The number of para-hydroxylation sites is 2. The molecular weight excluding hydrogens is 348 g/mol. The van der Waals surface area contributed by atoms with Crippen molar-refractivity contribution < 1.29 is 9.53 Å². The number of aromatic nitrogens is 1. The van der Waals surface area contributed by atoms with Gasteiger partial charge in [0.15, 0.2) is 10.8 Å². The highest BCUT2D eigenvalue weighted by Gasteiger charge is 2.19. The number of esters is 1. The van der Waals surface area contributed by atoms with Crippen molar-refractivity contribution in [2.24, 2.45) is 5.10 Å². The lowest BCUT2D eigenvalue weighted by molar-refractivity contribution is -0.134. The van der Waals surface area contributed by atoms with Gasteiger partial charge in [-0.2, -0.15) is 5.10 Å². The van der Waals surface area contributed by atoms with Crippen molar-refractivity contribution >= 4 is 39.5 Å². The van der Waals surface area contributed by atoms with Crippen LogP contribution in [-0.2, 0) is 9.53 Å². The number of ether oxygens (including phenoxy) is 1. The van der Waals surface area contributed by atoms with Crippen LogP contribution in [0.1, 0.15) is 12.6 Å². The lowest BCUT2D eigenvalue weighted by Gasteiger charge is -2.05. The number of anilines is 3. The summed E-state index contributed by atoms with van der Waals surface area (Å²) in [5.41, 5.74) is 5.15. The molecule has 26 heavy (non-hydrogen) atoms. The summed E-state index contributed by atoms with van der Waals surface area (Å²) >= 11 is 1.39. The number of benzene rings is 2. The van der Waals surface area contributed by atoms with Crippen molar-refractivity contribution in [3.8, 4) is 0 Å². The minimum atomic E-state index is -0.521. The quantitative estimate of drug-likeness (QED) is 0.371. The lowest BCUT2D eigenvalue weighted by atomic mass is 10.3. The van der Waals surface area contributed by atoms with E-state index in [2.05, 4.69) is 20.8 Å². The molecule has 2 aromatic carbocycles. The molecule has 0 saturated carbocycles. The molecule has 1 heterocycles. The molecule has 0 radical (unpaired) electrons. The Bertz CT molecular complexity index is 879. The van der Waals surface area contributed by atoms with Gasteiger partial charge < -0.3 is 10.1 Å². The Morgan fingerprint density at radius 1 is 1.08 bits per heavy atom. The van der Waals surface area contributed by atoms with Crippen molar-refractivity contribution in [3.05, 3.63) is 71.7 Å². The third kappa shape index (κ3) is 4.67. The molecule has 132 valence electrons. The third-order valence-corrected chi connectivity index (χ3v) is 4.07. The van der Waals surface area contributed by atoms with Crippen LogP contribution in [0, 0.1) is 0 Å². The summed E-state index contributed by atoms with van der Waals surface area (Å²) in [7, 11) is 0. The first kappa shape index (κ1) is 17.6. The summed E-state index contributed by atoms with van der Waals surface area (Å²) in [6.45, 7) is 2.02. The van der Waals surface area contributed by atoms with Crippen LogP contribution < -0.4 is 10.7 Å². The van der Waals surface area contributed by atoms with E-state index in [9.17, 15) is 4.79 Å². The molecule has 0 saturated heterocycles. The fraction of sp³-hybridized carbons (Fsp3) is 0.105. The molecule has 0 spiro atoms. The summed E-state index contributed by atoms with van der Waals surface area (Å²) in [6, 6.07) is 19.1. The zero-order valence-corrected chi connectivity index (χ0v) is 15.0. The molecule has 0 bridgehead atoms. The van der Waals surface area contributed by atoms with Crippen molar-refractivity contribution in [1.29, 1.82) is 0 Å². The Labute approximate surface area is 155 Å². The maximum atomic E-state index is 12.3. The molecule has 0 unspecified atom stereocenters. The lowest BCUT2D eigenvalue weighted by Crippen LogP contribution is -2.20. The predicted molar refractivity (Wildman–Crippen MR) is 105 cm³/mol. The van der Waals surface area contributed by atoms with E-state index in [1.54, 1.807) is 12.3 Å². The molecule has 0 amide bonds. The van der Waals surface area contributed by atoms with E-state index < -0.39 is 5.97 Å². The Hall–Kier alpha value is -3.19. The minimum absolute atomic E-state index is 0.132. The van der Waals surface area contributed by atoms with Gasteiger partial charge in [-0.3, -0.25) is 5.43 Å². The van der Waals surface area contributed by atoms with E-state index in [4.69, 9.17) is 4.74 Å².